The fourth-order valence-electron chi connectivity index (χ4n) is 3.38. The molecular formula is C18H26F2O2. The summed E-state index contributed by atoms with van der Waals surface area (Å²) >= 11 is 0. The molecule has 3 rings (SSSR count). The van der Waals surface area contributed by atoms with Gasteiger partial charge >= 0.3 is 0 Å². The number of hydrogen-bond acceptors (Lipinski definition) is 2. The Balaban J connectivity index is 0.00000192. The zero-order valence-corrected chi connectivity index (χ0v) is 13.3. The second-order valence-electron chi connectivity index (χ2n) is 6.89. The number of aryl methyl sites for hydroxylation is 1. The zero-order chi connectivity index (χ0) is 15.7. The Bertz CT molecular complexity index is 542. The molecule has 1 aliphatic heterocycles. The molecule has 0 aromatic heterocycles. The Kier molecular flexibility index (Phi) is 4.55. The summed E-state index contributed by atoms with van der Waals surface area (Å²) in [6.45, 7) is 4.60. The van der Waals surface area contributed by atoms with E-state index in [-0.39, 0.29) is 19.0 Å². The van der Waals surface area contributed by atoms with Crippen LogP contribution in [0.3, 0.4) is 0 Å². The monoisotopic (exact) mass is 312 g/mol. The van der Waals surface area contributed by atoms with Crippen LogP contribution in [-0.4, -0.2) is 12.7 Å². The summed E-state index contributed by atoms with van der Waals surface area (Å²) in [6, 6.07) is 1.62. The van der Waals surface area contributed by atoms with Crippen molar-refractivity contribution >= 4 is 0 Å². The number of rotatable bonds is 3. The first-order valence-electron chi connectivity index (χ1n) is 8.35. The maximum Gasteiger partial charge on any atom is 0.204 e. The van der Waals surface area contributed by atoms with Gasteiger partial charge in [-0.3, -0.25) is 0 Å². The standard InChI is InChI=1S/C18H24F2O2.H2/c1-11-3-6-13(7-4-11)10-21-15-9-14-8-5-12(2)22-18(14)17(20)16(15)19;/h9,11-13H,3-8,10H2,1-2H3;1H. The molecule has 0 amide bonds. The van der Waals surface area contributed by atoms with Gasteiger partial charge in [-0.15, -0.1) is 0 Å². The van der Waals surface area contributed by atoms with E-state index in [1.54, 1.807) is 6.07 Å². The van der Waals surface area contributed by atoms with Crippen molar-refractivity contribution in [2.24, 2.45) is 11.8 Å². The van der Waals surface area contributed by atoms with Gasteiger partial charge in [0.05, 0.1) is 12.7 Å². The van der Waals surface area contributed by atoms with Gasteiger partial charge in [-0.25, -0.2) is 0 Å². The summed E-state index contributed by atoms with van der Waals surface area (Å²) in [7, 11) is 0. The normalized spacial score (nSPS) is 27.9. The molecule has 124 valence electrons. The lowest BCUT2D eigenvalue weighted by Crippen LogP contribution is -2.22. The van der Waals surface area contributed by atoms with Crippen LogP contribution in [0.5, 0.6) is 11.5 Å². The fraction of sp³-hybridized carbons (Fsp3) is 0.667. The first-order valence-corrected chi connectivity index (χ1v) is 8.35. The number of fused-ring (bicyclic) bond motifs is 1. The van der Waals surface area contributed by atoms with Crippen LogP contribution in [0.15, 0.2) is 6.07 Å². The average Bonchev–Trinajstić information content (AvgIpc) is 2.52. The van der Waals surface area contributed by atoms with Gasteiger partial charge < -0.3 is 9.47 Å². The van der Waals surface area contributed by atoms with E-state index in [0.29, 0.717) is 24.5 Å². The highest BCUT2D eigenvalue weighted by Gasteiger charge is 2.26. The van der Waals surface area contributed by atoms with Crippen LogP contribution in [0, 0.1) is 23.5 Å². The number of ether oxygens (including phenoxy) is 2. The zero-order valence-electron chi connectivity index (χ0n) is 13.3. The van der Waals surface area contributed by atoms with Crippen molar-refractivity contribution in [1.82, 2.24) is 0 Å². The minimum atomic E-state index is -0.919. The van der Waals surface area contributed by atoms with Crippen LogP contribution >= 0.6 is 0 Å². The quantitative estimate of drug-likeness (QED) is 0.770. The summed E-state index contributed by atoms with van der Waals surface area (Å²) in [5, 5.41) is 0. The maximum atomic E-state index is 14.2. The minimum Gasteiger partial charge on any atom is -0.490 e. The van der Waals surface area contributed by atoms with Crippen LogP contribution in [-0.2, 0) is 6.42 Å². The van der Waals surface area contributed by atoms with Crippen molar-refractivity contribution in [2.75, 3.05) is 6.61 Å². The molecule has 1 aromatic rings. The smallest absolute Gasteiger partial charge is 0.204 e. The summed E-state index contributed by atoms with van der Waals surface area (Å²) in [5.41, 5.74) is 0.712. The highest BCUT2D eigenvalue weighted by molar-refractivity contribution is 5.44. The second-order valence-corrected chi connectivity index (χ2v) is 6.89. The number of halogens is 2. The molecule has 0 N–H and O–H groups in total. The van der Waals surface area contributed by atoms with Gasteiger partial charge in [0.15, 0.2) is 11.5 Å². The third kappa shape index (κ3) is 3.21. The van der Waals surface area contributed by atoms with Crippen molar-refractivity contribution in [2.45, 2.75) is 58.5 Å². The van der Waals surface area contributed by atoms with Gasteiger partial charge in [0.2, 0.25) is 11.6 Å². The van der Waals surface area contributed by atoms with Gasteiger partial charge in [-0.2, -0.15) is 8.78 Å². The SMILES string of the molecule is CC1CCC(COc2cc3c(c(F)c2F)OC(C)CC3)CC1.[HH]. The summed E-state index contributed by atoms with van der Waals surface area (Å²) in [5.74, 6) is -0.504. The van der Waals surface area contributed by atoms with Crippen molar-refractivity contribution in [1.29, 1.82) is 0 Å². The molecule has 2 nitrogen and oxygen atoms in total. The highest BCUT2D eigenvalue weighted by atomic mass is 19.2. The van der Waals surface area contributed by atoms with Gasteiger partial charge in [-0.05, 0) is 50.5 Å². The predicted molar refractivity (Wildman–Crippen MR) is 83.5 cm³/mol. The Labute approximate surface area is 132 Å². The van der Waals surface area contributed by atoms with Crippen LogP contribution in [0.4, 0.5) is 8.78 Å². The molecule has 1 heterocycles. The molecule has 22 heavy (non-hydrogen) atoms. The summed E-state index contributed by atoms with van der Waals surface area (Å²) < 4.78 is 39.4. The maximum absolute atomic E-state index is 14.2. The lowest BCUT2D eigenvalue weighted by Gasteiger charge is -2.27. The van der Waals surface area contributed by atoms with Gasteiger partial charge in [0.1, 0.15) is 0 Å². The van der Waals surface area contributed by atoms with Crippen LogP contribution in [0.25, 0.3) is 0 Å². The summed E-state index contributed by atoms with van der Waals surface area (Å²) in [6.07, 6.45) is 6.05. The number of benzene rings is 1. The molecule has 1 atom stereocenters. The molecule has 4 heteroatoms. The van der Waals surface area contributed by atoms with Crippen LogP contribution < -0.4 is 9.47 Å². The summed E-state index contributed by atoms with van der Waals surface area (Å²) in [4.78, 5) is 0. The largest absolute Gasteiger partial charge is 0.490 e. The third-order valence-corrected chi connectivity index (χ3v) is 4.95. The van der Waals surface area contributed by atoms with E-state index in [1.165, 1.54) is 12.8 Å². The molecule has 0 spiro atoms. The highest BCUT2D eigenvalue weighted by Crippen LogP contribution is 2.37. The van der Waals surface area contributed by atoms with E-state index in [1.807, 2.05) is 6.92 Å². The van der Waals surface area contributed by atoms with E-state index in [4.69, 9.17) is 9.47 Å². The Morgan fingerprint density at radius 3 is 2.59 bits per heavy atom. The topological polar surface area (TPSA) is 18.5 Å². The first kappa shape index (κ1) is 15.6. The molecule has 0 saturated heterocycles. The molecule has 1 aliphatic carbocycles. The van der Waals surface area contributed by atoms with E-state index in [0.717, 1.165) is 25.2 Å². The molecule has 1 fully saturated rings. The van der Waals surface area contributed by atoms with Crippen LogP contribution in [0.1, 0.15) is 52.9 Å². The molecule has 0 bridgehead atoms. The molecule has 1 aromatic carbocycles. The molecule has 1 saturated carbocycles. The molecule has 0 radical (unpaired) electrons. The molecule has 2 aliphatic rings. The van der Waals surface area contributed by atoms with E-state index >= 15 is 0 Å². The van der Waals surface area contributed by atoms with Crippen molar-refractivity contribution in [3.8, 4) is 11.5 Å². The van der Waals surface area contributed by atoms with Gasteiger partial charge in [-0.1, -0.05) is 19.8 Å². The first-order chi connectivity index (χ1) is 10.5. The average molecular weight is 312 g/mol. The van der Waals surface area contributed by atoms with Crippen molar-refractivity contribution < 1.29 is 19.7 Å². The fourth-order valence-corrected chi connectivity index (χ4v) is 3.38. The minimum absolute atomic E-state index is 0. The van der Waals surface area contributed by atoms with Gasteiger partial charge in [0.25, 0.3) is 0 Å². The Morgan fingerprint density at radius 2 is 1.86 bits per heavy atom. The number of hydrogen-bond donors (Lipinski definition) is 0. The second kappa shape index (κ2) is 6.43. The lowest BCUT2D eigenvalue weighted by atomic mass is 9.83. The third-order valence-electron chi connectivity index (χ3n) is 4.95. The van der Waals surface area contributed by atoms with Gasteiger partial charge in [0, 0.05) is 6.99 Å². The Morgan fingerprint density at radius 1 is 1.14 bits per heavy atom. The molecule has 1 unspecified atom stereocenters. The van der Waals surface area contributed by atoms with Crippen LogP contribution in [0.2, 0.25) is 0 Å². The van der Waals surface area contributed by atoms with Crippen molar-refractivity contribution in [3.05, 3.63) is 23.3 Å². The lowest BCUT2D eigenvalue weighted by molar-refractivity contribution is 0.169. The van der Waals surface area contributed by atoms with E-state index in [9.17, 15) is 8.78 Å². The Hall–Kier alpha value is -1.32. The molecular weight excluding hydrogens is 286 g/mol. The predicted octanol–water partition coefficient (Wildman–Crippen LogP) is 5.13. The van der Waals surface area contributed by atoms with Crippen molar-refractivity contribution in [3.63, 3.8) is 0 Å². The van der Waals surface area contributed by atoms with E-state index < -0.39 is 11.6 Å². The van der Waals surface area contributed by atoms with E-state index in [2.05, 4.69) is 6.92 Å².